The highest BCUT2D eigenvalue weighted by molar-refractivity contribution is 6.38. The molecule has 1 heterocycles. The van der Waals surface area contributed by atoms with Gasteiger partial charge in [0.15, 0.2) is 0 Å². The first-order valence-electron chi connectivity index (χ1n) is 7.35. The minimum atomic E-state index is -0.964. The van der Waals surface area contributed by atoms with Crippen LogP contribution in [0.5, 0.6) is 0 Å². The van der Waals surface area contributed by atoms with Crippen LogP contribution >= 0.6 is 0 Å². The maximum absolute atomic E-state index is 12.1. The Balaban J connectivity index is 1.90. The summed E-state index contributed by atoms with van der Waals surface area (Å²) in [5, 5.41) is 10.9. The van der Waals surface area contributed by atoms with Crippen molar-refractivity contribution in [2.45, 2.75) is 0 Å². The van der Waals surface area contributed by atoms with Crippen LogP contribution in [0.25, 0.3) is 0 Å². The predicted molar refractivity (Wildman–Crippen MR) is 83.4 cm³/mol. The van der Waals surface area contributed by atoms with Gasteiger partial charge in [-0.3, -0.25) is 24.6 Å². The Kier molecular flexibility index (Phi) is 5.67. The van der Waals surface area contributed by atoms with Crippen LogP contribution in [0, 0.1) is 0 Å². The molecule has 1 aromatic carbocycles. The molecule has 0 saturated carbocycles. The molecule has 0 radical (unpaired) electrons. The second-order valence-corrected chi connectivity index (χ2v) is 5.23. The van der Waals surface area contributed by atoms with Crippen LogP contribution in [0.4, 0.5) is 5.69 Å². The van der Waals surface area contributed by atoms with Gasteiger partial charge in [-0.1, -0.05) is 12.1 Å². The van der Waals surface area contributed by atoms with Gasteiger partial charge in [-0.05, 0) is 12.1 Å². The number of piperazine rings is 1. The average Bonchev–Trinajstić information content (AvgIpc) is 2.55. The number of rotatable bonds is 3. The van der Waals surface area contributed by atoms with E-state index in [1.807, 2.05) is 4.90 Å². The van der Waals surface area contributed by atoms with E-state index in [2.05, 4.69) is 5.32 Å². The number of nitrogens with one attached hydrogen (secondary N) is 1. The van der Waals surface area contributed by atoms with E-state index in [-0.39, 0.29) is 17.9 Å². The van der Waals surface area contributed by atoms with E-state index >= 15 is 0 Å². The number of anilines is 1. The zero-order valence-electron chi connectivity index (χ0n) is 12.7. The van der Waals surface area contributed by atoms with Crippen molar-refractivity contribution in [2.75, 3.05) is 45.1 Å². The number of β-amino-alcohol motifs (C(OH)–C–C–N with tert-alkyl or cyclic N) is 1. The van der Waals surface area contributed by atoms with Crippen molar-refractivity contribution >= 4 is 23.4 Å². The first-order valence-corrected chi connectivity index (χ1v) is 7.35. The van der Waals surface area contributed by atoms with Crippen LogP contribution in [0.1, 0.15) is 10.4 Å². The Bertz CT molecular complexity index is 597. The summed E-state index contributed by atoms with van der Waals surface area (Å²) < 4.78 is 0. The minimum Gasteiger partial charge on any atom is -0.398 e. The summed E-state index contributed by atoms with van der Waals surface area (Å²) in [4.78, 5) is 39.4. The topological polar surface area (TPSA) is 116 Å². The van der Waals surface area contributed by atoms with Crippen molar-refractivity contribution in [3.8, 4) is 0 Å². The van der Waals surface area contributed by atoms with E-state index in [0.29, 0.717) is 32.7 Å². The number of aliphatic hydroxyl groups excluding tert-OH is 1. The van der Waals surface area contributed by atoms with Crippen LogP contribution in [-0.4, -0.2) is 72.0 Å². The fourth-order valence-electron chi connectivity index (χ4n) is 2.39. The predicted octanol–water partition coefficient (Wildman–Crippen LogP) is -1.34. The van der Waals surface area contributed by atoms with Crippen LogP contribution < -0.4 is 11.1 Å². The smallest absolute Gasteiger partial charge is 0.316 e. The molecule has 1 aromatic rings. The number of nitrogens with two attached hydrogens (primary N) is 1. The highest BCUT2D eigenvalue weighted by Gasteiger charge is 2.27. The number of benzene rings is 1. The Morgan fingerprint density at radius 2 is 1.78 bits per heavy atom. The zero-order chi connectivity index (χ0) is 16.8. The lowest BCUT2D eigenvalue weighted by Crippen LogP contribution is -2.53. The van der Waals surface area contributed by atoms with E-state index in [0.717, 1.165) is 0 Å². The summed E-state index contributed by atoms with van der Waals surface area (Å²) in [6.45, 7) is 2.53. The molecule has 8 heteroatoms. The molecule has 2 rings (SSSR count). The van der Waals surface area contributed by atoms with Gasteiger partial charge in [0.25, 0.3) is 5.91 Å². The second kappa shape index (κ2) is 7.70. The molecule has 1 aliphatic heterocycles. The fourth-order valence-corrected chi connectivity index (χ4v) is 2.39. The van der Waals surface area contributed by atoms with E-state index in [1.165, 1.54) is 11.0 Å². The maximum atomic E-state index is 12.1. The van der Waals surface area contributed by atoms with Crippen molar-refractivity contribution in [3.63, 3.8) is 0 Å². The summed E-state index contributed by atoms with van der Waals surface area (Å²) >= 11 is 0. The van der Waals surface area contributed by atoms with Crippen LogP contribution in [0.15, 0.2) is 24.3 Å². The number of hydrogen-bond acceptors (Lipinski definition) is 6. The summed E-state index contributed by atoms with van der Waals surface area (Å²) in [6.07, 6.45) is 0. The number of nitrogens with zero attached hydrogens (tertiary/aromatic N) is 2. The minimum absolute atomic E-state index is 0.0570. The Morgan fingerprint density at radius 3 is 2.39 bits per heavy atom. The largest absolute Gasteiger partial charge is 0.398 e. The van der Waals surface area contributed by atoms with Gasteiger partial charge in [0.1, 0.15) is 0 Å². The van der Waals surface area contributed by atoms with Gasteiger partial charge in [0.05, 0.1) is 12.2 Å². The van der Waals surface area contributed by atoms with Crippen LogP contribution in [0.3, 0.4) is 0 Å². The standard InChI is InChI=1S/C15H20N4O4/c16-12-4-2-1-3-11(12)13(21)17-14(22)15(23)19-7-5-18(6-8-19)9-10-20/h1-4,20H,5-10,16H2,(H,17,21,22). The molecule has 0 spiro atoms. The first kappa shape index (κ1) is 16.9. The molecule has 0 unspecified atom stereocenters. The summed E-state index contributed by atoms with van der Waals surface area (Å²) in [5.74, 6) is -2.40. The lowest BCUT2D eigenvalue weighted by Gasteiger charge is -2.33. The molecule has 4 N–H and O–H groups in total. The third-order valence-electron chi connectivity index (χ3n) is 3.70. The molecule has 8 nitrogen and oxygen atoms in total. The molecule has 0 aliphatic carbocycles. The monoisotopic (exact) mass is 320 g/mol. The summed E-state index contributed by atoms with van der Waals surface area (Å²) in [6, 6.07) is 6.32. The lowest BCUT2D eigenvalue weighted by atomic mass is 10.1. The molecule has 1 saturated heterocycles. The first-order chi connectivity index (χ1) is 11.0. The molecule has 0 atom stereocenters. The molecule has 1 aliphatic rings. The van der Waals surface area contributed by atoms with E-state index in [9.17, 15) is 14.4 Å². The van der Waals surface area contributed by atoms with Crippen molar-refractivity contribution in [1.29, 1.82) is 0 Å². The van der Waals surface area contributed by atoms with Crippen molar-refractivity contribution in [2.24, 2.45) is 0 Å². The van der Waals surface area contributed by atoms with Gasteiger partial charge in [0.2, 0.25) is 0 Å². The third-order valence-corrected chi connectivity index (χ3v) is 3.70. The summed E-state index contributed by atoms with van der Waals surface area (Å²) in [7, 11) is 0. The number of carbonyl (C=O) groups is 3. The van der Waals surface area contributed by atoms with Crippen LogP contribution in [-0.2, 0) is 9.59 Å². The average molecular weight is 320 g/mol. The molecule has 0 bridgehead atoms. The zero-order valence-corrected chi connectivity index (χ0v) is 12.7. The third kappa shape index (κ3) is 4.27. The van der Waals surface area contributed by atoms with Crippen molar-refractivity contribution in [3.05, 3.63) is 29.8 Å². The van der Waals surface area contributed by atoms with Gasteiger partial charge >= 0.3 is 11.8 Å². The quantitative estimate of drug-likeness (QED) is 0.469. The Morgan fingerprint density at radius 1 is 1.13 bits per heavy atom. The van der Waals surface area contributed by atoms with Gasteiger partial charge in [-0.15, -0.1) is 0 Å². The normalized spacial score (nSPS) is 15.3. The number of para-hydroxylation sites is 1. The number of hydrogen-bond donors (Lipinski definition) is 3. The van der Waals surface area contributed by atoms with Crippen molar-refractivity contribution in [1.82, 2.24) is 15.1 Å². The SMILES string of the molecule is Nc1ccccc1C(=O)NC(=O)C(=O)N1CCN(CCO)CC1. The second-order valence-electron chi connectivity index (χ2n) is 5.23. The fraction of sp³-hybridized carbons (Fsp3) is 0.400. The van der Waals surface area contributed by atoms with E-state index in [1.54, 1.807) is 18.2 Å². The molecular formula is C15H20N4O4. The number of nitrogen functional groups attached to an aromatic ring is 1. The van der Waals surface area contributed by atoms with E-state index < -0.39 is 17.7 Å². The number of aliphatic hydroxyl groups is 1. The molecule has 23 heavy (non-hydrogen) atoms. The van der Waals surface area contributed by atoms with Gasteiger partial charge < -0.3 is 15.7 Å². The number of amides is 3. The molecule has 3 amide bonds. The molecule has 1 fully saturated rings. The van der Waals surface area contributed by atoms with E-state index in [4.69, 9.17) is 10.8 Å². The molecule has 124 valence electrons. The number of carbonyl (C=O) groups excluding carboxylic acids is 3. The van der Waals surface area contributed by atoms with Gasteiger partial charge in [0, 0.05) is 38.4 Å². The Labute approximate surface area is 133 Å². The highest BCUT2D eigenvalue weighted by atomic mass is 16.3. The summed E-state index contributed by atoms with van der Waals surface area (Å²) in [5.41, 5.74) is 6.06. The highest BCUT2D eigenvalue weighted by Crippen LogP contribution is 2.10. The van der Waals surface area contributed by atoms with Crippen molar-refractivity contribution < 1.29 is 19.5 Å². The lowest BCUT2D eigenvalue weighted by molar-refractivity contribution is -0.146. The van der Waals surface area contributed by atoms with Gasteiger partial charge in [-0.25, -0.2) is 0 Å². The maximum Gasteiger partial charge on any atom is 0.316 e. The molecular weight excluding hydrogens is 300 g/mol. The molecule has 0 aromatic heterocycles. The number of imide groups is 1. The van der Waals surface area contributed by atoms with Crippen LogP contribution in [0.2, 0.25) is 0 Å². The van der Waals surface area contributed by atoms with Gasteiger partial charge in [-0.2, -0.15) is 0 Å². The Hall–Kier alpha value is -2.45.